The molecule has 23 heavy (non-hydrogen) atoms. The molecule has 0 atom stereocenters. The number of aromatic nitrogens is 2. The molecule has 0 radical (unpaired) electrons. The quantitative estimate of drug-likeness (QED) is 0.946. The van der Waals surface area contributed by atoms with Gasteiger partial charge in [-0.25, -0.2) is 4.68 Å². The van der Waals surface area contributed by atoms with E-state index in [-0.39, 0.29) is 5.91 Å². The van der Waals surface area contributed by atoms with Crippen molar-refractivity contribution >= 4 is 11.7 Å². The molecule has 1 amide bonds. The van der Waals surface area contributed by atoms with E-state index >= 15 is 0 Å². The molecule has 4 rings (SSSR count). The second-order valence-electron chi connectivity index (χ2n) is 5.91. The van der Waals surface area contributed by atoms with Gasteiger partial charge in [0.2, 0.25) is 0 Å². The maximum absolute atomic E-state index is 12.5. The van der Waals surface area contributed by atoms with Crippen molar-refractivity contribution in [3.63, 3.8) is 0 Å². The highest BCUT2D eigenvalue weighted by Gasteiger charge is 2.21. The van der Waals surface area contributed by atoms with Gasteiger partial charge in [-0.2, -0.15) is 5.10 Å². The lowest BCUT2D eigenvalue weighted by Crippen LogP contribution is -2.19. The summed E-state index contributed by atoms with van der Waals surface area (Å²) in [5, 5.41) is 7.33. The second-order valence-corrected chi connectivity index (χ2v) is 5.91. The Bertz CT molecular complexity index is 720. The van der Waals surface area contributed by atoms with Gasteiger partial charge in [-0.05, 0) is 31.0 Å². The van der Waals surface area contributed by atoms with Crippen LogP contribution in [0.5, 0.6) is 11.5 Å². The lowest BCUT2D eigenvalue weighted by molar-refractivity contribution is 0.102. The molecule has 1 N–H and O–H groups in total. The number of anilines is 1. The number of nitrogens with one attached hydrogen (secondary N) is 1. The van der Waals surface area contributed by atoms with Crippen LogP contribution in [-0.2, 0) is 0 Å². The van der Waals surface area contributed by atoms with Crippen LogP contribution in [0.3, 0.4) is 0 Å². The van der Waals surface area contributed by atoms with Crippen LogP contribution in [0.15, 0.2) is 30.5 Å². The molecule has 0 saturated heterocycles. The molecule has 1 aromatic heterocycles. The van der Waals surface area contributed by atoms with Crippen molar-refractivity contribution in [1.29, 1.82) is 0 Å². The van der Waals surface area contributed by atoms with Crippen LogP contribution in [0.4, 0.5) is 5.82 Å². The molecule has 2 aliphatic rings. The van der Waals surface area contributed by atoms with Crippen molar-refractivity contribution in [2.45, 2.75) is 31.7 Å². The number of benzene rings is 1. The molecular formula is C17H19N3O3. The van der Waals surface area contributed by atoms with E-state index in [0.717, 1.165) is 18.7 Å². The van der Waals surface area contributed by atoms with Crippen LogP contribution in [0.2, 0.25) is 0 Å². The third-order valence-electron chi connectivity index (χ3n) is 4.39. The van der Waals surface area contributed by atoms with Crippen molar-refractivity contribution in [2.75, 3.05) is 18.5 Å². The molecule has 1 aliphatic carbocycles. The molecule has 0 bridgehead atoms. The van der Waals surface area contributed by atoms with Crippen LogP contribution < -0.4 is 14.8 Å². The van der Waals surface area contributed by atoms with E-state index in [9.17, 15) is 4.79 Å². The zero-order valence-corrected chi connectivity index (χ0v) is 12.8. The van der Waals surface area contributed by atoms with Crippen molar-refractivity contribution in [1.82, 2.24) is 9.78 Å². The molecule has 1 aliphatic heterocycles. The van der Waals surface area contributed by atoms with Crippen molar-refractivity contribution in [3.8, 4) is 11.5 Å². The van der Waals surface area contributed by atoms with Gasteiger partial charge >= 0.3 is 0 Å². The van der Waals surface area contributed by atoms with Crippen molar-refractivity contribution < 1.29 is 14.3 Å². The number of fused-ring (bicyclic) bond motifs is 1. The van der Waals surface area contributed by atoms with Gasteiger partial charge < -0.3 is 14.8 Å². The predicted molar refractivity (Wildman–Crippen MR) is 85.1 cm³/mol. The predicted octanol–water partition coefficient (Wildman–Crippen LogP) is 3.02. The van der Waals surface area contributed by atoms with Crippen molar-refractivity contribution in [2.24, 2.45) is 0 Å². The normalized spacial score (nSPS) is 17.2. The van der Waals surface area contributed by atoms with Gasteiger partial charge in [0.25, 0.3) is 5.91 Å². The van der Waals surface area contributed by atoms with Gasteiger partial charge in [0.1, 0.15) is 19.0 Å². The third-order valence-corrected chi connectivity index (χ3v) is 4.39. The van der Waals surface area contributed by atoms with Crippen LogP contribution in [0, 0.1) is 0 Å². The molecule has 6 nitrogen and oxygen atoms in total. The minimum Gasteiger partial charge on any atom is -0.486 e. The summed E-state index contributed by atoms with van der Waals surface area (Å²) in [5.74, 6) is 1.88. The lowest BCUT2D eigenvalue weighted by Gasteiger charge is -2.19. The number of hydrogen-bond acceptors (Lipinski definition) is 4. The molecule has 1 saturated carbocycles. The van der Waals surface area contributed by atoms with E-state index in [0.29, 0.717) is 36.3 Å². The summed E-state index contributed by atoms with van der Waals surface area (Å²) in [6.45, 7) is 1.05. The SMILES string of the molecule is O=C(Nc1ccnn1C1CCCC1)c1ccc2c(c1)OCCO2. The van der Waals surface area contributed by atoms with Gasteiger partial charge in [0, 0.05) is 11.6 Å². The summed E-state index contributed by atoms with van der Waals surface area (Å²) in [5.41, 5.74) is 0.549. The van der Waals surface area contributed by atoms with E-state index in [1.165, 1.54) is 12.8 Å². The number of ether oxygens (including phenoxy) is 2. The average molecular weight is 313 g/mol. The number of amides is 1. The molecular weight excluding hydrogens is 294 g/mol. The lowest BCUT2D eigenvalue weighted by atomic mass is 10.2. The van der Waals surface area contributed by atoms with Crippen LogP contribution in [0.25, 0.3) is 0 Å². The summed E-state index contributed by atoms with van der Waals surface area (Å²) in [6.07, 6.45) is 6.42. The van der Waals surface area contributed by atoms with E-state index < -0.39 is 0 Å². The molecule has 6 heteroatoms. The first kappa shape index (κ1) is 14.1. The Morgan fingerprint density at radius 3 is 2.74 bits per heavy atom. The highest BCUT2D eigenvalue weighted by Crippen LogP contribution is 2.32. The molecule has 0 unspecified atom stereocenters. The number of hydrogen-bond donors (Lipinski definition) is 1. The fourth-order valence-corrected chi connectivity index (χ4v) is 3.23. The standard InChI is InChI=1S/C17H19N3O3/c21-17(12-5-6-14-15(11-12)23-10-9-22-14)19-16-7-8-18-20(16)13-3-1-2-4-13/h5-8,11,13H,1-4,9-10H2,(H,19,21). The van der Waals surface area contributed by atoms with E-state index in [4.69, 9.17) is 9.47 Å². The smallest absolute Gasteiger partial charge is 0.256 e. The summed E-state index contributed by atoms with van der Waals surface area (Å²) in [7, 11) is 0. The molecule has 2 aromatic rings. The summed E-state index contributed by atoms with van der Waals surface area (Å²) in [6, 6.07) is 7.48. The largest absolute Gasteiger partial charge is 0.486 e. The first-order valence-electron chi connectivity index (χ1n) is 8.06. The highest BCUT2D eigenvalue weighted by molar-refractivity contribution is 6.04. The maximum Gasteiger partial charge on any atom is 0.256 e. The Kier molecular flexibility index (Phi) is 3.65. The van der Waals surface area contributed by atoms with Crippen LogP contribution in [-0.4, -0.2) is 28.9 Å². The van der Waals surface area contributed by atoms with Gasteiger partial charge in [0.15, 0.2) is 11.5 Å². The van der Waals surface area contributed by atoms with Gasteiger partial charge in [-0.1, -0.05) is 12.8 Å². The van der Waals surface area contributed by atoms with E-state index in [2.05, 4.69) is 10.4 Å². The zero-order valence-electron chi connectivity index (χ0n) is 12.8. The van der Waals surface area contributed by atoms with E-state index in [1.807, 2.05) is 10.7 Å². The number of nitrogens with zero attached hydrogens (tertiary/aromatic N) is 2. The van der Waals surface area contributed by atoms with E-state index in [1.54, 1.807) is 24.4 Å². The van der Waals surface area contributed by atoms with Crippen LogP contribution in [0.1, 0.15) is 42.1 Å². The van der Waals surface area contributed by atoms with Crippen molar-refractivity contribution in [3.05, 3.63) is 36.0 Å². The maximum atomic E-state index is 12.5. The fraction of sp³-hybridized carbons (Fsp3) is 0.412. The van der Waals surface area contributed by atoms with Gasteiger partial charge in [-0.15, -0.1) is 0 Å². The van der Waals surface area contributed by atoms with Gasteiger partial charge in [0.05, 0.1) is 12.2 Å². The zero-order chi connectivity index (χ0) is 15.6. The topological polar surface area (TPSA) is 65.4 Å². The molecule has 0 spiro atoms. The van der Waals surface area contributed by atoms with Crippen LogP contribution >= 0.6 is 0 Å². The Morgan fingerprint density at radius 1 is 1.13 bits per heavy atom. The first-order chi connectivity index (χ1) is 11.3. The van der Waals surface area contributed by atoms with Gasteiger partial charge in [-0.3, -0.25) is 4.79 Å². The molecule has 120 valence electrons. The average Bonchev–Trinajstić information content (AvgIpc) is 3.25. The Balaban J connectivity index is 1.53. The number of rotatable bonds is 3. The summed E-state index contributed by atoms with van der Waals surface area (Å²) >= 11 is 0. The Labute approximate surface area is 134 Å². The monoisotopic (exact) mass is 313 g/mol. The summed E-state index contributed by atoms with van der Waals surface area (Å²) < 4.78 is 12.9. The summed E-state index contributed by atoms with van der Waals surface area (Å²) in [4.78, 5) is 12.5. The highest BCUT2D eigenvalue weighted by atomic mass is 16.6. The minimum absolute atomic E-state index is 0.165. The molecule has 1 fully saturated rings. The first-order valence-corrected chi connectivity index (χ1v) is 8.06. The second kappa shape index (κ2) is 5.95. The number of carbonyl (C=O) groups excluding carboxylic acids is 1. The Morgan fingerprint density at radius 2 is 1.91 bits per heavy atom. The fourth-order valence-electron chi connectivity index (χ4n) is 3.23. The minimum atomic E-state index is -0.165. The Hall–Kier alpha value is -2.50. The number of carbonyl (C=O) groups is 1. The molecule has 2 heterocycles. The molecule has 1 aromatic carbocycles. The third kappa shape index (κ3) is 2.76.